The SMILES string of the molecule is CN1CC2CC1CC2c1nnc([C@]23CN(c4ccc(C#N)c5ncccc45)C[C@@]2(C(F)(F)F)C3)o1. The van der Waals surface area contributed by atoms with Crippen LogP contribution in [0.15, 0.2) is 34.9 Å². The van der Waals surface area contributed by atoms with Crippen molar-refractivity contribution in [3.63, 3.8) is 0 Å². The average Bonchev–Trinajstić information content (AvgIpc) is 3.36. The highest BCUT2D eigenvalue weighted by molar-refractivity contribution is 5.95. The lowest BCUT2D eigenvalue weighted by Crippen LogP contribution is -2.34. The van der Waals surface area contributed by atoms with E-state index in [1.807, 2.05) is 0 Å². The molecule has 4 fully saturated rings. The molecule has 4 aliphatic rings. The summed E-state index contributed by atoms with van der Waals surface area (Å²) in [5.74, 6) is 1.14. The van der Waals surface area contributed by atoms with Gasteiger partial charge in [-0.15, -0.1) is 10.2 Å². The lowest BCUT2D eigenvalue weighted by Gasteiger charge is -2.26. The minimum absolute atomic E-state index is 0.0481. The number of hydrogen-bond donors (Lipinski definition) is 0. The molecule has 7 rings (SSSR count). The van der Waals surface area contributed by atoms with Gasteiger partial charge in [0, 0.05) is 48.9 Å². The normalized spacial score (nSPS) is 33.9. The molecule has 0 spiro atoms. The number of aromatic nitrogens is 3. The largest absolute Gasteiger partial charge is 0.424 e. The van der Waals surface area contributed by atoms with E-state index in [1.165, 1.54) is 0 Å². The molecular weight excluding hydrogens is 457 g/mol. The number of hydrogen-bond acceptors (Lipinski definition) is 7. The maximum Gasteiger partial charge on any atom is 0.397 e. The predicted octanol–water partition coefficient (Wildman–Crippen LogP) is 4.01. The number of piperidine rings is 2. The smallest absolute Gasteiger partial charge is 0.397 e. The Hall–Kier alpha value is -3.19. The van der Waals surface area contributed by atoms with Gasteiger partial charge >= 0.3 is 6.18 Å². The average molecular weight is 480 g/mol. The molecule has 35 heavy (non-hydrogen) atoms. The molecule has 3 aromatic rings. The fraction of sp³-hybridized carbons (Fsp3) is 0.520. The molecule has 180 valence electrons. The van der Waals surface area contributed by atoms with Crippen molar-refractivity contribution in [2.75, 3.05) is 31.6 Å². The van der Waals surface area contributed by atoms with Gasteiger partial charge in [-0.3, -0.25) is 4.98 Å². The van der Waals surface area contributed by atoms with E-state index in [0.29, 0.717) is 40.0 Å². The van der Waals surface area contributed by atoms with Crippen molar-refractivity contribution in [2.45, 2.75) is 42.8 Å². The summed E-state index contributed by atoms with van der Waals surface area (Å²) in [6, 6.07) is 9.47. The van der Waals surface area contributed by atoms with E-state index >= 15 is 0 Å². The summed E-state index contributed by atoms with van der Waals surface area (Å²) in [6.45, 7) is 0.894. The zero-order valence-corrected chi connectivity index (χ0v) is 19.1. The van der Waals surface area contributed by atoms with E-state index in [2.05, 4.69) is 33.2 Å². The molecule has 7 nitrogen and oxygen atoms in total. The third-order valence-corrected chi connectivity index (χ3v) is 9.05. The molecule has 0 N–H and O–H groups in total. The van der Waals surface area contributed by atoms with Crippen molar-refractivity contribution in [3.05, 3.63) is 47.8 Å². The topological polar surface area (TPSA) is 82.1 Å². The monoisotopic (exact) mass is 480 g/mol. The molecule has 3 unspecified atom stereocenters. The molecule has 2 aliphatic carbocycles. The molecule has 0 amide bonds. The summed E-state index contributed by atoms with van der Waals surface area (Å²) in [4.78, 5) is 8.39. The number of fused-ring (bicyclic) bond motifs is 4. The second kappa shape index (κ2) is 6.72. The van der Waals surface area contributed by atoms with Crippen molar-refractivity contribution in [2.24, 2.45) is 11.3 Å². The number of likely N-dealkylation sites (tertiary alicyclic amines) is 1. The summed E-state index contributed by atoms with van der Waals surface area (Å²) in [5, 5.41) is 18.6. The molecule has 0 radical (unpaired) electrons. The van der Waals surface area contributed by atoms with Crippen LogP contribution in [0.25, 0.3) is 10.9 Å². The Kier molecular flexibility index (Phi) is 4.06. The lowest BCUT2D eigenvalue weighted by molar-refractivity contribution is -0.187. The van der Waals surface area contributed by atoms with Crippen molar-refractivity contribution >= 4 is 16.6 Å². The Morgan fingerprint density at radius 2 is 2.03 bits per heavy atom. The highest BCUT2D eigenvalue weighted by atomic mass is 19.4. The standard InChI is InChI=1S/C25H23F3N6O/c1-33-10-15-7-16(33)8-18(15)21-31-32-22(35-21)23-11-24(23,25(26,27)28)13-34(12-23)19-5-4-14(9-29)20-17(19)3-2-6-30-20/h2-6,15-16,18H,7-8,10-13H2,1H3/t15?,16?,18?,23-,24-/m0/s1. The minimum Gasteiger partial charge on any atom is -0.424 e. The molecule has 2 saturated carbocycles. The van der Waals surface area contributed by atoms with Crippen LogP contribution in [0.5, 0.6) is 0 Å². The quantitative estimate of drug-likeness (QED) is 0.560. The van der Waals surface area contributed by atoms with Gasteiger partial charge in [-0.05, 0) is 56.5 Å². The summed E-state index contributed by atoms with van der Waals surface area (Å²) in [7, 11) is 2.11. The first-order valence-corrected chi connectivity index (χ1v) is 11.9. The Morgan fingerprint density at radius 1 is 1.17 bits per heavy atom. The zero-order chi connectivity index (χ0) is 24.2. The van der Waals surface area contributed by atoms with Gasteiger partial charge in [-0.2, -0.15) is 18.4 Å². The van der Waals surface area contributed by atoms with Crippen LogP contribution in [-0.4, -0.2) is 59.0 Å². The first kappa shape index (κ1) is 21.1. The van der Waals surface area contributed by atoms with Gasteiger partial charge in [0.25, 0.3) is 0 Å². The van der Waals surface area contributed by atoms with Crippen LogP contribution < -0.4 is 4.90 Å². The van der Waals surface area contributed by atoms with Crippen LogP contribution in [0.4, 0.5) is 18.9 Å². The molecule has 1 aromatic carbocycles. The van der Waals surface area contributed by atoms with Crippen molar-refractivity contribution in [1.82, 2.24) is 20.1 Å². The fourth-order valence-corrected chi connectivity index (χ4v) is 7.15. The van der Waals surface area contributed by atoms with E-state index in [9.17, 15) is 18.4 Å². The highest BCUT2D eigenvalue weighted by Crippen LogP contribution is 2.75. The van der Waals surface area contributed by atoms with E-state index in [4.69, 9.17) is 4.42 Å². The van der Waals surface area contributed by atoms with Gasteiger partial charge in [0.1, 0.15) is 11.5 Å². The van der Waals surface area contributed by atoms with E-state index in [1.54, 1.807) is 35.4 Å². The third kappa shape index (κ3) is 2.67. The zero-order valence-electron chi connectivity index (χ0n) is 19.1. The Balaban J connectivity index is 1.26. The number of benzene rings is 1. The van der Waals surface area contributed by atoms with Gasteiger partial charge in [0.2, 0.25) is 11.8 Å². The van der Waals surface area contributed by atoms with Gasteiger partial charge in [0.05, 0.1) is 16.5 Å². The van der Waals surface area contributed by atoms with Gasteiger partial charge in [0.15, 0.2) is 0 Å². The summed E-state index contributed by atoms with van der Waals surface area (Å²) >= 11 is 0. The van der Waals surface area contributed by atoms with Crippen molar-refractivity contribution < 1.29 is 17.6 Å². The van der Waals surface area contributed by atoms with Crippen LogP contribution in [0.2, 0.25) is 0 Å². The van der Waals surface area contributed by atoms with Crippen LogP contribution in [-0.2, 0) is 5.41 Å². The van der Waals surface area contributed by atoms with Gasteiger partial charge in [-0.1, -0.05) is 0 Å². The van der Waals surface area contributed by atoms with Crippen LogP contribution in [0, 0.1) is 22.7 Å². The molecule has 10 heteroatoms. The summed E-state index contributed by atoms with van der Waals surface area (Å²) in [6.07, 6.45) is -0.888. The maximum absolute atomic E-state index is 14.5. The summed E-state index contributed by atoms with van der Waals surface area (Å²) < 4.78 is 49.7. The highest BCUT2D eigenvalue weighted by Gasteiger charge is 2.86. The number of anilines is 1. The van der Waals surface area contributed by atoms with Crippen molar-refractivity contribution in [1.29, 1.82) is 5.26 Å². The van der Waals surface area contributed by atoms with Gasteiger partial charge < -0.3 is 14.2 Å². The minimum atomic E-state index is -4.41. The molecule has 2 aromatic heterocycles. The number of rotatable bonds is 3. The molecule has 5 atom stereocenters. The number of halogens is 3. The lowest BCUT2D eigenvalue weighted by atomic mass is 9.94. The van der Waals surface area contributed by atoms with E-state index < -0.39 is 17.0 Å². The number of nitriles is 1. The van der Waals surface area contributed by atoms with Crippen LogP contribution in [0.1, 0.15) is 42.5 Å². The van der Waals surface area contributed by atoms with Crippen LogP contribution >= 0.6 is 0 Å². The predicted molar refractivity (Wildman–Crippen MR) is 120 cm³/mol. The van der Waals surface area contributed by atoms with Gasteiger partial charge in [-0.25, -0.2) is 0 Å². The second-order valence-electron chi connectivity index (χ2n) is 10.7. The molecule has 2 saturated heterocycles. The van der Waals surface area contributed by atoms with E-state index in [-0.39, 0.29) is 31.3 Å². The Bertz CT molecular complexity index is 1400. The van der Waals surface area contributed by atoms with Crippen LogP contribution in [0.3, 0.4) is 0 Å². The fourth-order valence-electron chi connectivity index (χ4n) is 7.15. The molecular formula is C25H23F3N6O. The molecule has 2 aliphatic heterocycles. The van der Waals surface area contributed by atoms with Crippen molar-refractivity contribution in [3.8, 4) is 6.07 Å². The number of nitrogens with zero attached hydrogens (tertiary/aromatic N) is 6. The third-order valence-electron chi connectivity index (χ3n) is 9.05. The Morgan fingerprint density at radius 3 is 2.74 bits per heavy atom. The summed E-state index contributed by atoms with van der Waals surface area (Å²) in [5.41, 5.74) is -1.66. The molecule has 4 heterocycles. The molecule has 2 bridgehead atoms. The van der Waals surface area contributed by atoms with E-state index in [0.717, 1.165) is 19.4 Å². The first-order chi connectivity index (χ1) is 16.8. The second-order valence-corrected chi connectivity index (χ2v) is 10.7. The number of pyridine rings is 1. The maximum atomic E-state index is 14.5. The Labute approximate surface area is 199 Å². The number of alkyl halides is 3. The first-order valence-electron chi connectivity index (χ1n) is 11.9.